The molecule has 0 saturated carbocycles. The molecule has 6 nitrogen and oxygen atoms in total. The Labute approximate surface area is 196 Å². The van der Waals surface area contributed by atoms with Crippen LogP contribution in [0.5, 0.6) is 5.75 Å². The van der Waals surface area contributed by atoms with E-state index in [1.807, 2.05) is 65.6 Å². The molecular formula is C26H25F2N3O3. The van der Waals surface area contributed by atoms with E-state index in [1.165, 1.54) is 12.1 Å². The molecule has 0 aliphatic carbocycles. The average molecular weight is 466 g/mol. The second kappa shape index (κ2) is 10.9. The number of rotatable bonds is 7. The van der Waals surface area contributed by atoms with Crippen LogP contribution in [0.2, 0.25) is 0 Å². The van der Waals surface area contributed by atoms with Crippen LogP contribution in [0.15, 0.2) is 84.9 Å². The summed E-state index contributed by atoms with van der Waals surface area (Å²) in [6.07, 6.45) is 0. The summed E-state index contributed by atoms with van der Waals surface area (Å²) >= 11 is 0. The van der Waals surface area contributed by atoms with E-state index in [9.17, 15) is 18.4 Å². The van der Waals surface area contributed by atoms with Crippen molar-refractivity contribution in [3.05, 3.63) is 96.1 Å². The minimum atomic E-state index is -3.01. The highest BCUT2D eigenvalue weighted by atomic mass is 19.3. The number of piperazine rings is 1. The summed E-state index contributed by atoms with van der Waals surface area (Å²) in [6, 6.07) is 24.2. The second-order valence-corrected chi connectivity index (χ2v) is 7.87. The number of amides is 2. The van der Waals surface area contributed by atoms with Crippen molar-refractivity contribution < 1.29 is 23.1 Å². The van der Waals surface area contributed by atoms with Crippen molar-refractivity contribution in [2.45, 2.75) is 12.7 Å². The summed E-state index contributed by atoms with van der Waals surface area (Å²) < 4.78 is 30.0. The summed E-state index contributed by atoms with van der Waals surface area (Å²) in [4.78, 5) is 29.9. The fourth-order valence-corrected chi connectivity index (χ4v) is 4.09. The Morgan fingerprint density at radius 3 is 2.03 bits per heavy atom. The summed E-state index contributed by atoms with van der Waals surface area (Å²) in [5.74, 6) is -0.678. The quantitative estimate of drug-likeness (QED) is 0.561. The Hall–Kier alpha value is -3.78. The minimum absolute atomic E-state index is 0.0951. The van der Waals surface area contributed by atoms with Gasteiger partial charge in [-0.1, -0.05) is 60.7 Å². The number of benzene rings is 3. The number of ether oxygens (including phenoxy) is 1. The standard InChI is InChI=1S/C26H25F2N3O3/c27-26(28)34-22-14-8-7-13-21(22)25(33)31-17-15-30(16-18-31)23(19-9-3-1-4-10-19)24(32)29-20-11-5-2-6-12-20/h1-14,23,26H,15-18H2,(H,29,32). The minimum Gasteiger partial charge on any atom is -0.434 e. The molecule has 0 bridgehead atoms. The zero-order valence-electron chi connectivity index (χ0n) is 18.4. The van der Waals surface area contributed by atoms with Gasteiger partial charge >= 0.3 is 6.61 Å². The van der Waals surface area contributed by atoms with Gasteiger partial charge in [0, 0.05) is 31.9 Å². The third kappa shape index (κ3) is 5.58. The van der Waals surface area contributed by atoms with E-state index in [0.29, 0.717) is 31.9 Å². The van der Waals surface area contributed by atoms with Crippen LogP contribution in [0.25, 0.3) is 0 Å². The number of nitrogens with zero attached hydrogens (tertiary/aromatic N) is 2. The van der Waals surface area contributed by atoms with E-state index in [4.69, 9.17) is 0 Å². The number of alkyl halides is 2. The first-order chi connectivity index (χ1) is 16.5. The molecule has 1 saturated heterocycles. The van der Waals surface area contributed by atoms with Crippen molar-refractivity contribution >= 4 is 17.5 Å². The summed E-state index contributed by atoms with van der Waals surface area (Å²) in [5.41, 5.74) is 1.65. The third-order valence-corrected chi connectivity index (χ3v) is 5.71. The van der Waals surface area contributed by atoms with Crippen LogP contribution >= 0.6 is 0 Å². The Kier molecular flexibility index (Phi) is 7.49. The van der Waals surface area contributed by atoms with Gasteiger partial charge in [-0.05, 0) is 29.8 Å². The first kappa shape index (κ1) is 23.4. The number of nitrogens with one attached hydrogen (secondary N) is 1. The SMILES string of the molecule is O=C(Nc1ccccc1)C(c1ccccc1)N1CCN(C(=O)c2ccccc2OC(F)F)CC1. The monoisotopic (exact) mass is 465 g/mol. The molecule has 176 valence electrons. The number of para-hydroxylation sites is 2. The van der Waals surface area contributed by atoms with Crippen molar-refractivity contribution in [1.82, 2.24) is 9.80 Å². The molecule has 1 aliphatic rings. The van der Waals surface area contributed by atoms with Gasteiger partial charge in [0.1, 0.15) is 11.8 Å². The van der Waals surface area contributed by atoms with Gasteiger partial charge < -0.3 is 15.0 Å². The predicted molar refractivity (Wildman–Crippen MR) is 125 cm³/mol. The Bertz CT molecular complexity index is 1100. The molecule has 1 heterocycles. The third-order valence-electron chi connectivity index (χ3n) is 5.71. The number of halogens is 2. The maximum atomic E-state index is 13.3. The number of carbonyl (C=O) groups is 2. The smallest absolute Gasteiger partial charge is 0.387 e. The fourth-order valence-electron chi connectivity index (χ4n) is 4.09. The molecule has 3 aromatic carbocycles. The van der Waals surface area contributed by atoms with Crippen molar-refractivity contribution in [2.24, 2.45) is 0 Å². The van der Waals surface area contributed by atoms with Crippen molar-refractivity contribution in [1.29, 1.82) is 0 Å². The highest BCUT2D eigenvalue weighted by molar-refractivity contribution is 5.97. The van der Waals surface area contributed by atoms with E-state index >= 15 is 0 Å². The normalized spacial score (nSPS) is 15.1. The number of hydrogen-bond acceptors (Lipinski definition) is 4. The molecule has 8 heteroatoms. The summed E-state index contributed by atoms with van der Waals surface area (Å²) in [6.45, 7) is -1.41. The van der Waals surface area contributed by atoms with Crippen molar-refractivity contribution in [3.63, 3.8) is 0 Å². The number of carbonyl (C=O) groups excluding carboxylic acids is 2. The van der Waals surface area contributed by atoms with E-state index in [-0.39, 0.29) is 23.1 Å². The van der Waals surface area contributed by atoms with Crippen LogP contribution in [0.4, 0.5) is 14.5 Å². The van der Waals surface area contributed by atoms with E-state index in [2.05, 4.69) is 10.1 Å². The number of hydrogen-bond donors (Lipinski definition) is 1. The van der Waals surface area contributed by atoms with Crippen LogP contribution in [0.1, 0.15) is 22.0 Å². The predicted octanol–water partition coefficient (Wildman–Crippen LogP) is 4.43. The lowest BCUT2D eigenvalue weighted by Crippen LogP contribution is -2.51. The lowest BCUT2D eigenvalue weighted by Gasteiger charge is -2.39. The topological polar surface area (TPSA) is 61.9 Å². The second-order valence-electron chi connectivity index (χ2n) is 7.87. The van der Waals surface area contributed by atoms with Gasteiger partial charge in [0.25, 0.3) is 5.91 Å². The molecule has 1 fully saturated rings. The Morgan fingerprint density at radius 2 is 1.38 bits per heavy atom. The highest BCUT2D eigenvalue weighted by Crippen LogP contribution is 2.26. The molecule has 0 radical (unpaired) electrons. The summed E-state index contributed by atoms with van der Waals surface area (Å²) in [7, 11) is 0. The molecule has 1 atom stereocenters. The maximum Gasteiger partial charge on any atom is 0.387 e. The van der Waals surface area contributed by atoms with Gasteiger partial charge in [0.2, 0.25) is 5.91 Å². The van der Waals surface area contributed by atoms with Gasteiger partial charge in [0.05, 0.1) is 5.56 Å². The molecule has 1 aliphatic heterocycles. The molecule has 0 spiro atoms. The van der Waals surface area contributed by atoms with Crippen LogP contribution in [-0.4, -0.2) is 54.4 Å². The van der Waals surface area contributed by atoms with Crippen LogP contribution in [-0.2, 0) is 4.79 Å². The van der Waals surface area contributed by atoms with Crippen LogP contribution < -0.4 is 10.1 Å². The average Bonchev–Trinajstić information content (AvgIpc) is 2.85. The van der Waals surface area contributed by atoms with Crippen LogP contribution in [0, 0.1) is 0 Å². The van der Waals surface area contributed by atoms with Crippen molar-refractivity contribution in [3.8, 4) is 5.75 Å². The first-order valence-corrected chi connectivity index (χ1v) is 11.0. The molecule has 4 rings (SSSR count). The largest absolute Gasteiger partial charge is 0.434 e. The van der Waals surface area contributed by atoms with Gasteiger partial charge in [-0.3, -0.25) is 14.5 Å². The van der Waals surface area contributed by atoms with E-state index < -0.39 is 12.7 Å². The lowest BCUT2D eigenvalue weighted by atomic mass is 10.0. The molecule has 1 unspecified atom stereocenters. The van der Waals surface area contributed by atoms with Crippen molar-refractivity contribution in [2.75, 3.05) is 31.5 Å². The zero-order chi connectivity index (χ0) is 23.9. The Morgan fingerprint density at radius 1 is 0.794 bits per heavy atom. The molecule has 34 heavy (non-hydrogen) atoms. The molecule has 3 aromatic rings. The van der Waals surface area contributed by atoms with E-state index in [1.54, 1.807) is 17.0 Å². The Balaban J connectivity index is 1.48. The lowest BCUT2D eigenvalue weighted by molar-refractivity contribution is -0.122. The molecule has 2 amide bonds. The fraction of sp³-hybridized carbons (Fsp3) is 0.231. The molecule has 1 N–H and O–H groups in total. The maximum absolute atomic E-state index is 13.3. The molecular weight excluding hydrogens is 440 g/mol. The highest BCUT2D eigenvalue weighted by Gasteiger charge is 2.32. The summed E-state index contributed by atoms with van der Waals surface area (Å²) in [5, 5.41) is 2.97. The first-order valence-electron chi connectivity index (χ1n) is 11.0. The zero-order valence-corrected chi connectivity index (χ0v) is 18.4. The van der Waals surface area contributed by atoms with Gasteiger partial charge in [0.15, 0.2) is 0 Å². The van der Waals surface area contributed by atoms with Gasteiger partial charge in [-0.25, -0.2) is 0 Å². The van der Waals surface area contributed by atoms with Gasteiger partial charge in [-0.15, -0.1) is 0 Å². The number of anilines is 1. The van der Waals surface area contributed by atoms with E-state index in [0.717, 1.165) is 5.56 Å². The molecule has 0 aromatic heterocycles. The van der Waals surface area contributed by atoms with Gasteiger partial charge in [-0.2, -0.15) is 8.78 Å². The van der Waals surface area contributed by atoms with Crippen LogP contribution in [0.3, 0.4) is 0 Å².